The number of nitrogens with zero attached hydrogens (tertiary/aromatic N) is 5. The lowest BCUT2D eigenvalue weighted by Gasteiger charge is -2.13. The third-order valence-corrected chi connectivity index (χ3v) is 6.63. The lowest BCUT2D eigenvalue weighted by molar-refractivity contribution is 0.0928. The number of hydrogen-bond donors (Lipinski definition) is 3. The summed E-state index contributed by atoms with van der Waals surface area (Å²) in [6.45, 7) is 3.45. The Balaban J connectivity index is 1.62. The minimum Gasteiger partial charge on any atom is -0.450 e. The first kappa shape index (κ1) is 23.2. The van der Waals surface area contributed by atoms with Crippen molar-refractivity contribution in [3.8, 4) is 11.5 Å². The SMILES string of the molecule is Cc1nn(C)c(C)c1Oc1cc(SCc2ccccn2)cnc1Nc1nc(C(O)CO)cs1. The maximum absolute atomic E-state index is 9.82. The molecule has 0 aromatic carbocycles. The highest BCUT2D eigenvalue weighted by atomic mass is 32.2. The van der Waals surface area contributed by atoms with Gasteiger partial charge >= 0.3 is 0 Å². The molecule has 0 fully saturated rings. The van der Waals surface area contributed by atoms with Crippen molar-refractivity contribution in [1.29, 1.82) is 0 Å². The quantitative estimate of drug-likeness (QED) is 0.301. The lowest BCUT2D eigenvalue weighted by atomic mass is 10.3. The number of aromatic nitrogens is 5. The summed E-state index contributed by atoms with van der Waals surface area (Å²) in [5, 5.41) is 28.8. The molecule has 4 aromatic rings. The van der Waals surface area contributed by atoms with Gasteiger partial charge in [-0.15, -0.1) is 23.1 Å². The summed E-state index contributed by atoms with van der Waals surface area (Å²) >= 11 is 2.92. The van der Waals surface area contributed by atoms with Gasteiger partial charge in [-0.3, -0.25) is 9.67 Å². The van der Waals surface area contributed by atoms with Crippen LogP contribution in [0.5, 0.6) is 11.5 Å². The second-order valence-electron chi connectivity index (χ2n) is 7.25. The largest absolute Gasteiger partial charge is 0.450 e. The molecule has 172 valence electrons. The van der Waals surface area contributed by atoms with Crippen molar-refractivity contribution in [3.05, 3.63) is 64.8 Å². The molecule has 4 rings (SSSR count). The van der Waals surface area contributed by atoms with E-state index in [0.717, 1.165) is 22.0 Å². The molecule has 0 aliphatic carbocycles. The molecule has 0 radical (unpaired) electrons. The first-order valence-corrected chi connectivity index (χ1v) is 12.0. The Morgan fingerprint density at radius 2 is 2.12 bits per heavy atom. The Kier molecular flexibility index (Phi) is 7.23. The van der Waals surface area contributed by atoms with E-state index >= 15 is 0 Å². The smallest absolute Gasteiger partial charge is 0.188 e. The molecule has 0 bridgehead atoms. The van der Waals surface area contributed by atoms with Crippen LogP contribution in [0.3, 0.4) is 0 Å². The molecule has 0 saturated carbocycles. The summed E-state index contributed by atoms with van der Waals surface area (Å²) in [7, 11) is 1.87. The van der Waals surface area contributed by atoms with Crippen molar-refractivity contribution in [1.82, 2.24) is 24.7 Å². The van der Waals surface area contributed by atoms with E-state index in [-0.39, 0.29) is 0 Å². The number of pyridine rings is 2. The number of aliphatic hydroxyl groups is 2. The summed E-state index contributed by atoms with van der Waals surface area (Å²) in [6, 6.07) is 7.76. The Hall–Kier alpha value is -2.99. The molecule has 9 nitrogen and oxygen atoms in total. The van der Waals surface area contributed by atoms with E-state index in [9.17, 15) is 5.11 Å². The van der Waals surface area contributed by atoms with Crippen LogP contribution in [0.15, 0.2) is 46.9 Å². The average Bonchev–Trinajstić information content (AvgIpc) is 3.39. The highest BCUT2D eigenvalue weighted by molar-refractivity contribution is 7.98. The van der Waals surface area contributed by atoms with Crippen molar-refractivity contribution in [3.63, 3.8) is 0 Å². The second-order valence-corrected chi connectivity index (χ2v) is 9.16. The molecule has 4 heterocycles. The number of ether oxygens (including phenoxy) is 1. The second kappa shape index (κ2) is 10.3. The van der Waals surface area contributed by atoms with E-state index in [0.29, 0.717) is 33.9 Å². The minimum absolute atomic E-state index is 0.391. The number of rotatable bonds is 9. The molecule has 11 heteroatoms. The van der Waals surface area contributed by atoms with Crippen LogP contribution in [0.1, 0.15) is 28.9 Å². The third kappa shape index (κ3) is 5.50. The minimum atomic E-state index is -1.02. The van der Waals surface area contributed by atoms with E-state index < -0.39 is 12.7 Å². The Labute approximate surface area is 199 Å². The lowest BCUT2D eigenvalue weighted by Crippen LogP contribution is -2.03. The maximum Gasteiger partial charge on any atom is 0.188 e. The average molecular weight is 485 g/mol. The van der Waals surface area contributed by atoms with Gasteiger partial charge in [-0.25, -0.2) is 9.97 Å². The zero-order valence-corrected chi connectivity index (χ0v) is 20.0. The van der Waals surface area contributed by atoms with Crippen LogP contribution in [0.25, 0.3) is 0 Å². The van der Waals surface area contributed by atoms with Gasteiger partial charge in [-0.2, -0.15) is 5.10 Å². The monoisotopic (exact) mass is 484 g/mol. The molecular formula is C22H24N6O3S2. The highest BCUT2D eigenvalue weighted by Gasteiger charge is 2.18. The van der Waals surface area contributed by atoms with Crippen molar-refractivity contribution < 1.29 is 14.9 Å². The summed E-state index contributed by atoms with van der Waals surface area (Å²) in [5.74, 6) is 2.39. The fourth-order valence-corrected chi connectivity index (χ4v) is 4.58. The number of aryl methyl sites for hydroxylation is 2. The van der Waals surface area contributed by atoms with Crippen molar-refractivity contribution in [2.45, 2.75) is 30.6 Å². The topological polar surface area (TPSA) is 118 Å². The van der Waals surface area contributed by atoms with E-state index in [4.69, 9.17) is 9.84 Å². The molecule has 33 heavy (non-hydrogen) atoms. The molecule has 0 amide bonds. The van der Waals surface area contributed by atoms with Crippen molar-refractivity contribution >= 4 is 34.0 Å². The predicted molar refractivity (Wildman–Crippen MR) is 128 cm³/mol. The molecule has 0 aliphatic heterocycles. The van der Waals surface area contributed by atoms with Crippen LogP contribution in [0, 0.1) is 13.8 Å². The van der Waals surface area contributed by atoms with Gasteiger partial charge in [0.25, 0.3) is 0 Å². The number of nitrogens with one attached hydrogen (secondary N) is 1. The van der Waals surface area contributed by atoms with Crippen LogP contribution >= 0.6 is 23.1 Å². The van der Waals surface area contributed by atoms with Crippen LogP contribution in [0.4, 0.5) is 10.9 Å². The standard InChI is InChI=1S/C22H24N6O3S2/c1-13-20(14(2)28(3)27-13)31-19-8-16(32-11-15-6-4-5-7-23-15)9-24-21(19)26-22-25-17(12-33-22)18(30)10-29/h4-9,12,18,29-30H,10-11H2,1-3H3,(H,24,25,26). The summed E-state index contributed by atoms with van der Waals surface area (Å²) in [4.78, 5) is 14.2. The fourth-order valence-electron chi connectivity index (χ4n) is 3.02. The van der Waals surface area contributed by atoms with Gasteiger partial charge < -0.3 is 20.3 Å². The number of anilines is 2. The van der Waals surface area contributed by atoms with Crippen LogP contribution in [-0.2, 0) is 12.8 Å². The van der Waals surface area contributed by atoms with Gasteiger partial charge in [-0.1, -0.05) is 6.07 Å². The zero-order valence-electron chi connectivity index (χ0n) is 18.4. The zero-order chi connectivity index (χ0) is 23.4. The number of thioether (sulfide) groups is 1. The summed E-state index contributed by atoms with van der Waals surface area (Å²) in [5.41, 5.74) is 3.04. The van der Waals surface area contributed by atoms with Gasteiger partial charge in [0.05, 0.1) is 23.7 Å². The molecule has 0 spiro atoms. The Bertz CT molecular complexity index is 1230. The molecule has 3 N–H and O–H groups in total. The normalized spacial score (nSPS) is 12.0. The van der Waals surface area contributed by atoms with Gasteiger partial charge in [0.15, 0.2) is 22.4 Å². The number of thiazole rings is 1. The molecule has 1 unspecified atom stereocenters. The summed E-state index contributed by atoms with van der Waals surface area (Å²) < 4.78 is 8.05. The first-order chi connectivity index (χ1) is 15.9. The van der Waals surface area contributed by atoms with Gasteiger partial charge in [0, 0.05) is 35.5 Å². The van der Waals surface area contributed by atoms with E-state index in [1.807, 2.05) is 45.2 Å². The third-order valence-electron chi connectivity index (χ3n) is 4.86. The number of aliphatic hydroxyl groups excluding tert-OH is 2. The number of hydrogen-bond acceptors (Lipinski definition) is 10. The van der Waals surface area contributed by atoms with Crippen LogP contribution in [0.2, 0.25) is 0 Å². The van der Waals surface area contributed by atoms with E-state index in [2.05, 4.69) is 25.4 Å². The first-order valence-electron chi connectivity index (χ1n) is 10.2. The predicted octanol–water partition coefficient (Wildman–Crippen LogP) is 4.14. The molecule has 0 saturated heterocycles. The van der Waals surface area contributed by atoms with Crippen LogP contribution < -0.4 is 10.1 Å². The Morgan fingerprint density at radius 3 is 2.82 bits per heavy atom. The molecule has 4 aromatic heterocycles. The fraction of sp³-hybridized carbons (Fsp3) is 0.273. The highest BCUT2D eigenvalue weighted by Crippen LogP contribution is 2.37. The molecule has 0 aliphatic rings. The van der Waals surface area contributed by atoms with E-state index in [1.165, 1.54) is 11.3 Å². The van der Waals surface area contributed by atoms with E-state index in [1.54, 1.807) is 34.2 Å². The van der Waals surface area contributed by atoms with Gasteiger partial charge in [-0.05, 0) is 32.0 Å². The van der Waals surface area contributed by atoms with Crippen molar-refractivity contribution in [2.75, 3.05) is 11.9 Å². The van der Waals surface area contributed by atoms with Crippen molar-refractivity contribution in [2.24, 2.45) is 7.05 Å². The molecular weight excluding hydrogens is 460 g/mol. The van der Waals surface area contributed by atoms with Gasteiger partial charge in [0.1, 0.15) is 11.8 Å². The summed E-state index contributed by atoms with van der Waals surface area (Å²) in [6.07, 6.45) is 2.52. The maximum atomic E-state index is 9.82. The molecule has 1 atom stereocenters. The van der Waals surface area contributed by atoms with Gasteiger partial charge in [0.2, 0.25) is 0 Å². The Morgan fingerprint density at radius 1 is 1.27 bits per heavy atom. The van der Waals surface area contributed by atoms with Crippen LogP contribution in [-0.4, -0.2) is 41.6 Å².